The maximum Gasteiger partial charge on any atom is 0.159 e. The lowest BCUT2D eigenvalue weighted by atomic mass is 10.2. The molecular weight excluding hydrogens is 232 g/mol. The van der Waals surface area contributed by atoms with E-state index in [1.54, 1.807) is 19.3 Å². The van der Waals surface area contributed by atoms with E-state index in [-0.39, 0.29) is 5.78 Å². The van der Waals surface area contributed by atoms with E-state index in [1.807, 2.05) is 16.7 Å². The Morgan fingerprint density at radius 1 is 1.62 bits per heavy atom. The Bertz CT molecular complexity index is 475. The maximum absolute atomic E-state index is 11.1. The van der Waals surface area contributed by atoms with E-state index < -0.39 is 0 Å². The van der Waals surface area contributed by atoms with Crippen LogP contribution in [0, 0.1) is 0 Å². The molecule has 0 aliphatic heterocycles. The van der Waals surface area contributed by atoms with E-state index in [0.717, 1.165) is 10.1 Å². The van der Waals surface area contributed by atoms with Gasteiger partial charge >= 0.3 is 0 Å². The van der Waals surface area contributed by atoms with Crippen LogP contribution in [0.3, 0.4) is 0 Å². The number of hydrogen-bond acceptors (Lipinski definition) is 2. The molecule has 0 fully saturated rings. The average Bonchev–Trinajstić information content (AvgIpc) is 2.47. The number of hydrogen-bond donors (Lipinski definition) is 0. The van der Waals surface area contributed by atoms with E-state index in [0.29, 0.717) is 5.56 Å². The quantitative estimate of drug-likeness (QED) is 0.715. The smallest absolute Gasteiger partial charge is 0.159 e. The van der Waals surface area contributed by atoms with Crippen molar-refractivity contribution < 1.29 is 4.79 Å². The van der Waals surface area contributed by atoms with Crippen LogP contribution < -0.4 is 0 Å². The highest BCUT2D eigenvalue weighted by Crippen LogP contribution is 2.17. The van der Waals surface area contributed by atoms with Gasteiger partial charge in [-0.1, -0.05) is 0 Å². The molecule has 0 atom stereocenters. The molecule has 3 nitrogen and oxygen atoms in total. The number of carbonyl (C=O) groups excluding carboxylic acids is 1. The number of nitrogens with zero attached hydrogens (tertiary/aromatic N) is 2. The predicted molar refractivity (Wildman–Crippen MR) is 52.9 cm³/mol. The van der Waals surface area contributed by atoms with Gasteiger partial charge in [-0.3, -0.25) is 4.79 Å². The first-order valence-electron chi connectivity index (χ1n) is 3.81. The molecule has 0 aromatic carbocycles. The highest BCUT2D eigenvalue weighted by molar-refractivity contribution is 9.10. The molecule has 0 saturated carbocycles. The van der Waals surface area contributed by atoms with Gasteiger partial charge in [0.2, 0.25) is 0 Å². The van der Waals surface area contributed by atoms with Gasteiger partial charge in [0.1, 0.15) is 10.9 Å². The summed E-state index contributed by atoms with van der Waals surface area (Å²) in [5, 5.41) is 0. The van der Waals surface area contributed by atoms with E-state index in [4.69, 9.17) is 0 Å². The maximum atomic E-state index is 11.1. The van der Waals surface area contributed by atoms with Gasteiger partial charge in [-0.2, -0.15) is 0 Å². The molecule has 0 spiro atoms. The lowest BCUT2D eigenvalue weighted by Gasteiger charge is -1.97. The second-order valence-electron chi connectivity index (χ2n) is 2.80. The summed E-state index contributed by atoms with van der Waals surface area (Å²) in [6.07, 6.45) is 3.52. The van der Waals surface area contributed by atoms with Crippen LogP contribution in [0.1, 0.15) is 17.3 Å². The summed E-state index contributed by atoms with van der Waals surface area (Å²) in [6, 6.07) is 3.60. The monoisotopic (exact) mass is 238 g/mol. The first-order valence-corrected chi connectivity index (χ1v) is 4.61. The van der Waals surface area contributed by atoms with Crippen molar-refractivity contribution in [2.24, 2.45) is 0 Å². The van der Waals surface area contributed by atoms with Crippen molar-refractivity contribution in [3.05, 3.63) is 34.8 Å². The van der Waals surface area contributed by atoms with Crippen molar-refractivity contribution in [3.63, 3.8) is 0 Å². The Morgan fingerprint density at radius 3 is 3.08 bits per heavy atom. The van der Waals surface area contributed by atoms with Gasteiger partial charge in [0, 0.05) is 11.8 Å². The van der Waals surface area contributed by atoms with Crippen molar-refractivity contribution in [3.8, 4) is 0 Å². The zero-order chi connectivity index (χ0) is 9.42. The number of rotatable bonds is 1. The highest BCUT2D eigenvalue weighted by Gasteiger charge is 2.04. The summed E-state index contributed by atoms with van der Waals surface area (Å²) in [5.74, 6) is 0.0654. The van der Waals surface area contributed by atoms with Crippen LogP contribution in [-0.4, -0.2) is 15.2 Å². The minimum atomic E-state index is 0.0654. The van der Waals surface area contributed by atoms with E-state index in [1.165, 1.54) is 0 Å². The lowest BCUT2D eigenvalue weighted by molar-refractivity contribution is 0.101. The number of imidazole rings is 1. The topological polar surface area (TPSA) is 34.4 Å². The fraction of sp³-hybridized carbons (Fsp3) is 0.111. The summed E-state index contributed by atoms with van der Waals surface area (Å²) in [7, 11) is 0. The number of fused-ring (bicyclic) bond motifs is 1. The van der Waals surface area contributed by atoms with Crippen LogP contribution >= 0.6 is 15.9 Å². The minimum Gasteiger partial charge on any atom is -0.305 e. The normalized spacial score (nSPS) is 10.6. The van der Waals surface area contributed by atoms with Crippen molar-refractivity contribution in [1.29, 1.82) is 0 Å². The third kappa shape index (κ3) is 1.37. The van der Waals surface area contributed by atoms with Crippen LogP contribution in [0.25, 0.3) is 5.52 Å². The van der Waals surface area contributed by atoms with E-state index in [2.05, 4.69) is 20.9 Å². The number of Topliss-reactive ketones (excluding diaryl/α,β-unsaturated/α-hetero) is 1. The number of ketones is 1. The number of carbonyl (C=O) groups is 1. The SMILES string of the molecule is CC(=O)c1ccn2cnc(Br)c2c1. The third-order valence-corrected chi connectivity index (χ3v) is 2.51. The van der Waals surface area contributed by atoms with Crippen LogP contribution in [0.2, 0.25) is 0 Å². The fourth-order valence-electron chi connectivity index (χ4n) is 1.18. The van der Waals surface area contributed by atoms with Gasteiger partial charge in [0.25, 0.3) is 0 Å². The van der Waals surface area contributed by atoms with Gasteiger partial charge in [-0.25, -0.2) is 4.98 Å². The molecule has 13 heavy (non-hydrogen) atoms. The highest BCUT2D eigenvalue weighted by atomic mass is 79.9. The van der Waals surface area contributed by atoms with Crippen molar-refractivity contribution in [2.75, 3.05) is 0 Å². The molecule has 2 aromatic rings. The van der Waals surface area contributed by atoms with Crippen LogP contribution in [0.15, 0.2) is 29.3 Å². The summed E-state index contributed by atoms with van der Waals surface area (Å²) in [4.78, 5) is 15.1. The molecule has 0 bridgehead atoms. The summed E-state index contributed by atoms with van der Waals surface area (Å²) in [6.45, 7) is 1.55. The van der Waals surface area contributed by atoms with Crippen LogP contribution in [0.5, 0.6) is 0 Å². The van der Waals surface area contributed by atoms with Gasteiger partial charge in [0.05, 0.1) is 5.52 Å². The molecule has 2 aromatic heterocycles. The van der Waals surface area contributed by atoms with Crippen molar-refractivity contribution in [2.45, 2.75) is 6.92 Å². The Hall–Kier alpha value is -1.16. The first-order chi connectivity index (χ1) is 6.18. The molecule has 0 saturated heterocycles. The molecular formula is C9H7BrN2O. The summed E-state index contributed by atoms with van der Waals surface area (Å²) < 4.78 is 2.62. The van der Waals surface area contributed by atoms with Gasteiger partial charge < -0.3 is 4.40 Å². The molecule has 2 rings (SSSR count). The molecule has 0 aliphatic rings. The molecule has 0 unspecified atom stereocenters. The van der Waals surface area contributed by atoms with Crippen LogP contribution in [0.4, 0.5) is 0 Å². The third-order valence-electron chi connectivity index (χ3n) is 1.90. The molecule has 0 amide bonds. The predicted octanol–water partition coefficient (Wildman–Crippen LogP) is 2.30. The van der Waals surface area contributed by atoms with Gasteiger partial charge in [-0.05, 0) is 35.0 Å². The van der Waals surface area contributed by atoms with Gasteiger partial charge in [-0.15, -0.1) is 0 Å². The number of halogens is 1. The van der Waals surface area contributed by atoms with E-state index >= 15 is 0 Å². The number of pyridine rings is 1. The molecule has 2 heterocycles. The summed E-state index contributed by atoms with van der Waals surface area (Å²) in [5.41, 5.74) is 1.61. The summed E-state index contributed by atoms with van der Waals surface area (Å²) >= 11 is 3.31. The minimum absolute atomic E-state index is 0.0654. The zero-order valence-electron chi connectivity index (χ0n) is 6.99. The second-order valence-corrected chi connectivity index (χ2v) is 3.55. The van der Waals surface area contributed by atoms with Crippen molar-refractivity contribution in [1.82, 2.24) is 9.38 Å². The first kappa shape index (κ1) is 8.44. The second kappa shape index (κ2) is 2.96. The molecule has 0 radical (unpaired) electrons. The largest absolute Gasteiger partial charge is 0.305 e. The average molecular weight is 239 g/mol. The van der Waals surface area contributed by atoms with Crippen LogP contribution in [-0.2, 0) is 0 Å². The Morgan fingerprint density at radius 2 is 2.38 bits per heavy atom. The Labute approximate surface area is 83.5 Å². The lowest BCUT2D eigenvalue weighted by Crippen LogP contribution is -1.93. The standard InChI is InChI=1S/C9H7BrN2O/c1-6(13)7-2-3-12-5-11-9(10)8(12)4-7/h2-5H,1H3. The van der Waals surface area contributed by atoms with E-state index in [9.17, 15) is 4.79 Å². The number of aromatic nitrogens is 2. The van der Waals surface area contributed by atoms with Crippen molar-refractivity contribution >= 4 is 27.2 Å². The molecule has 66 valence electrons. The Kier molecular flexibility index (Phi) is 1.92. The molecule has 0 aliphatic carbocycles. The Balaban J connectivity index is 2.72. The molecule has 0 N–H and O–H groups in total. The molecule has 4 heteroatoms. The van der Waals surface area contributed by atoms with Gasteiger partial charge in [0.15, 0.2) is 5.78 Å². The zero-order valence-corrected chi connectivity index (χ0v) is 8.58. The fourth-order valence-corrected chi connectivity index (χ4v) is 1.59.